The van der Waals surface area contributed by atoms with Crippen LogP contribution in [-0.2, 0) is 0 Å². The zero-order valence-electron chi connectivity index (χ0n) is 23.5. The van der Waals surface area contributed by atoms with Crippen molar-refractivity contribution in [3.05, 3.63) is 101 Å². The van der Waals surface area contributed by atoms with Crippen LogP contribution in [0.3, 0.4) is 0 Å². The molecular formula is C36H38F4. The van der Waals surface area contributed by atoms with Crippen LogP contribution < -0.4 is 0 Å². The number of benzene rings is 3. The molecule has 3 aromatic carbocycles. The molecule has 0 N–H and O–H groups in total. The third-order valence-corrected chi connectivity index (χ3v) is 9.20. The molecule has 0 radical (unpaired) electrons. The van der Waals surface area contributed by atoms with Crippen molar-refractivity contribution in [2.75, 3.05) is 0 Å². The lowest BCUT2D eigenvalue weighted by Gasteiger charge is -2.35. The molecule has 210 valence electrons. The minimum Gasteiger partial charge on any atom is -0.203 e. The highest BCUT2D eigenvalue weighted by Crippen LogP contribution is 2.43. The fourth-order valence-electron chi connectivity index (χ4n) is 6.69. The predicted molar refractivity (Wildman–Crippen MR) is 157 cm³/mol. The summed E-state index contributed by atoms with van der Waals surface area (Å²) in [5.41, 5.74) is 2.73. The average molecular weight is 547 g/mol. The third kappa shape index (κ3) is 5.96. The Labute approximate surface area is 235 Å². The zero-order valence-corrected chi connectivity index (χ0v) is 23.5. The minimum atomic E-state index is -0.912. The highest BCUT2D eigenvalue weighted by molar-refractivity contribution is 5.74. The standard InChI is InChI=1S/C36H38F4/c1-3-4-5-6-24-8-10-25(11-9-24)26-12-14-27(15-13-26)31-21-22-32(36(40)35(31)39)29-18-16-28(17-19-29)30-20-7-23(2)33(37)34(30)38/h3-4,7,14,16-22,24-26H,5-6,8-13,15H2,1-2H3/b4-3+. The van der Waals surface area contributed by atoms with E-state index in [9.17, 15) is 8.78 Å². The highest BCUT2D eigenvalue weighted by atomic mass is 19.2. The fraction of sp³-hybridized carbons (Fsp3) is 0.389. The van der Waals surface area contributed by atoms with Crippen molar-refractivity contribution in [1.82, 2.24) is 0 Å². The number of allylic oxidation sites excluding steroid dienone is 4. The number of hydrogen-bond donors (Lipinski definition) is 0. The smallest absolute Gasteiger partial charge is 0.167 e. The van der Waals surface area contributed by atoms with Gasteiger partial charge in [-0.15, -0.1) is 0 Å². The van der Waals surface area contributed by atoms with Crippen molar-refractivity contribution in [3.8, 4) is 22.3 Å². The molecule has 40 heavy (non-hydrogen) atoms. The lowest BCUT2D eigenvalue weighted by molar-refractivity contribution is 0.190. The summed E-state index contributed by atoms with van der Waals surface area (Å²) in [5, 5.41) is 0. The summed E-state index contributed by atoms with van der Waals surface area (Å²) in [6, 6.07) is 12.8. The summed E-state index contributed by atoms with van der Waals surface area (Å²) in [7, 11) is 0. The van der Waals surface area contributed by atoms with Crippen LogP contribution >= 0.6 is 0 Å². The van der Waals surface area contributed by atoms with E-state index < -0.39 is 23.3 Å². The SMILES string of the molecule is C/C=C/CCC1CCC(C2CC=C(c3ccc(-c4ccc(-c5ccc(C)c(F)c5F)cc4)c(F)c3F)CC2)CC1. The predicted octanol–water partition coefficient (Wildman–Crippen LogP) is 11.2. The Morgan fingerprint density at radius 3 is 1.85 bits per heavy atom. The molecule has 5 rings (SSSR count). The topological polar surface area (TPSA) is 0 Å². The quantitative estimate of drug-likeness (QED) is 0.204. The molecule has 3 aromatic rings. The van der Waals surface area contributed by atoms with Crippen LogP contribution in [0.2, 0.25) is 0 Å². The second-order valence-corrected chi connectivity index (χ2v) is 11.6. The largest absolute Gasteiger partial charge is 0.203 e. The molecule has 0 spiro atoms. The van der Waals surface area contributed by atoms with Crippen LogP contribution in [0.15, 0.2) is 66.8 Å². The Morgan fingerprint density at radius 2 is 1.25 bits per heavy atom. The molecule has 1 fully saturated rings. The van der Waals surface area contributed by atoms with Crippen LogP contribution in [0.1, 0.15) is 75.8 Å². The molecule has 4 heteroatoms. The van der Waals surface area contributed by atoms with Crippen molar-refractivity contribution >= 4 is 5.57 Å². The van der Waals surface area contributed by atoms with E-state index in [1.807, 2.05) is 0 Å². The van der Waals surface area contributed by atoms with Gasteiger partial charge < -0.3 is 0 Å². The van der Waals surface area contributed by atoms with Gasteiger partial charge in [0.2, 0.25) is 0 Å². The van der Waals surface area contributed by atoms with Crippen molar-refractivity contribution < 1.29 is 17.6 Å². The van der Waals surface area contributed by atoms with Crippen LogP contribution in [0.5, 0.6) is 0 Å². The van der Waals surface area contributed by atoms with Crippen LogP contribution in [0.25, 0.3) is 27.8 Å². The molecule has 0 nitrogen and oxygen atoms in total. The first-order valence-corrected chi connectivity index (χ1v) is 14.7. The van der Waals surface area contributed by atoms with Crippen molar-refractivity contribution in [3.63, 3.8) is 0 Å². The number of hydrogen-bond acceptors (Lipinski definition) is 0. The van der Waals surface area contributed by atoms with E-state index in [0.29, 0.717) is 22.6 Å². The lowest BCUT2D eigenvalue weighted by atomic mass is 9.70. The fourth-order valence-corrected chi connectivity index (χ4v) is 6.69. The molecule has 0 saturated heterocycles. The Hall–Kier alpha value is -3.14. The summed E-state index contributed by atoms with van der Waals surface area (Å²) < 4.78 is 59.0. The van der Waals surface area contributed by atoms with Gasteiger partial charge in [-0.05, 0) is 98.8 Å². The molecule has 1 atom stereocenters. The Kier molecular flexibility index (Phi) is 8.93. The summed E-state index contributed by atoms with van der Waals surface area (Å²) in [6.07, 6.45) is 16.9. The molecule has 0 amide bonds. The second-order valence-electron chi connectivity index (χ2n) is 11.6. The van der Waals surface area contributed by atoms with Gasteiger partial charge in [-0.25, -0.2) is 17.6 Å². The first-order chi connectivity index (χ1) is 19.4. The second kappa shape index (κ2) is 12.6. The van der Waals surface area contributed by atoms with Crippen LogP contribution in [0, 0.1) is 47.9 Å². The zero-order chi connectivity index (χ0) is 28.2. The molecule has 1 unspecified atom stereocenters. The summed E-state index contributed by atoms with van der Waals surface area (Å²) >= 11 is 0. The first kappa shape index (κ1) is 28.4. The molecule has 0 heterocycles. The van der Waals surface area contributed by atoms with Crippen LogP contribution in [-0.4, -0.2) is 0 Å². The van der Waals surface area contributed by atoms with E-state index in [1.165, 1.54) is 57.6 Å². The van der Waals surface area contributed by atoms with E-state index in [2.05, 4.69) is 25.2 Å². The maximum Gasteiger partial charge on any atom is 0.167 e. The molecule has 2 aliphatic carbocycles. The monoisotopic (exact) mass is 546 g/mol. The van der Waals surface area contributed by atoms with Crippen molar-refractivity contribution in [1.29, 1.82) is 0 Å². The Balaban J connectivity index is 1.25. The van der Waals surface area contributed by atoms with Gasteiger partial charge >= 0.3 is 0 Å². The van der Waals surface area contributed by atoms with Crippen LogP contribution in [0.4, 0.5) is 17.6 Å². The Morgan fingerprint density at radius 1 is 0.675 bits per heavy atom. The summed E-state index contributed by atoms with van der Waals surface area (Å²) in [4.78, 5) is 0. The van der Waals surface area contributed by atoms with Gasteiger partial charge in [0.15, 0.2) is 23.3 Å². The van der Waals surface area contributed by atoms with Crippen molar-refractivity contribution in [2.45, 2.75) is 71.6 Å². The van der Waals surface area contributed by atoms with E-state index in [4.69, 9.17) is 0 Å². The molecule has 1 saturated carbocycles. The third-order valence-electron chi connectivity index (χ3n) is 9.20. The molecule has 0 bridgehead atoms. The van der Waals surface area contributed by atoms with Gasteiger partial charge in [0.25, 0.3) is 0 Å². The maximum absolute atomic E-state index is 15.3. The number of halogens is 4. The van der Waals surface area contributed by atoms with E-state index in [0.717, 1.165) is 36.7 Å². The van der Waals surface area contributed by atoms with Gasteiger partial charge in [-0.2, -0.15) is 0 Å². The van der Waals surface area contributed by atoms with E-state index in [-0.39, 0.29) is 16.7 Å². The lowest BCUT2D eigenvalue weighted by Crippen LogP contribution is -2.23. The Bertz CT molecular complexity index is 1390. The van der Waals surface area contributed by atoms with Crippen molar-refractivity contribution in [2.24, 2.45) is 17.8 Å². The van der Waals surface area contributed by atoms with E-state index in [1.54, 1.807) is 36.4 Å². The molecule has 2 aliphatic rings. The minimum absolute atomic E-state index is 0.136. The first-order valence-electron chi connectivity index (χ1n) is 14.7. The number of rotatable bonds is 7. The normalized spacial score (nSPS) is 21.6. The van der Waals surface area contributed by atoms with Gasteiger partial charge in [0.1, 0.15) is 0 Å². The van der Waals surface area contributed by atoms with E-state index >= 15 is 8.78 Å². The van der Waals surface area contributed by atoms with Gasteiger partial charge in [-0.3, -0.25) is 0 Å². The molecular weight excluding hydrogens is 508 g/mol. The summed E-state index contributed by atoms with van der Waals surface area (Å²) in [6.45, 7) is 3.59. The number of aryl methyl sites for hydroxylation is 1. The summed E-state index contributed by atoms with van der Waals surface area (Å²) in [5.74, 6) is -1.26. The van der Waals surface area contributed by atoms with Gasteiger partial charge in [-0.1, -0.05) is 79.6 Å². The molecule has 0 aromatic heterocycles. The average Bonchev–Trinajstić information content (AvgIpc) is 2.98. The highest BCUT2D eigenvalue weighted by Gasteiger charge is 2.29. The molecule has 0 aliphatic heterocycles. The maximum atomic E-state index is 15.3. The van der Waals surface area contributed by atoms with Gasteiger partial charge in [0, 0.05) is 16.7 Å². The van der Waals surface area contributed by atoms with Gasteiger partial charge in [0.05, 0.1) is 0 Å².